The van der Waals surface area contributed by atoms with Gasteiger partial charge in [-0.1, -0.05) is 36.4 Å². The highest BCUT2D eigenvalue weighted by atomic mass is 35.5. The summed E-state index contributed by atoms with van der Waals surface area (Å²) in [5, 5.41) is 1.36. The summed E-state index contributed by atoms with van der Waals surface area (Å²) in [6.45, 7) is 1.98. The van der Waals surface area contributed by atoms with Gasteiger partial charge in [0.25, 0.3) is 0 Å². The van der Waals surface area contributed by atoms with Crippen LogP contribution in [0.2, 0.25) is 0 Å². The summed E-state index contributed by atoms with van der Waals surface area (Å²) in [6.07, 6.45) is -5.12. The largest absolute Gasteiger partial charge is 0.389 e. The summed E-state index contributed by atoms with van der Waals surface area (Å²) >= 11 is 6.14. The van der Waals surface area contributed by atoms with Crippen molar-refractivity contribution < 1.29 is 13.2 Å². The first-order valence-corrected chi connectivity index (χ1v) is 6.51. The summed E-state index contributed by atoms with van der Waals surface area (Å²) < 4.78 is 36.8. The Labute approximate surface area is 115 Å². The predicted molar refractivity (Wildman–Crippen MR) is 72.6 cm³/mol. The van der Waals surface area contributed by atoms with Crippen molar-refractivity contribution in [3.63, 3.8) is 0 Å². The zero-order valence-electron chi connectivity index (χ0n) is 10.5. The molecule has 2 aromatic rings. The number of fused-ring (bicyclic) bond motifs is 1. The molecule has 0 aliphatic heterocycles. The maximum Gasteiger partial charge on any atom is 0.389 e. The van der Waals surface area contributed by atoms with E-state index in [0.717, 1.165) is 21.9 Å². The van der Waals surface area contributed by atoms with E-state index in [1.165, 1.54) is 0 Å². The fourth-order valence-corrected chi connectivity index (χ4v) is 2.49. The summed E-state index contributed by atoms with van der Waals surface area (Å²) in [6, 6.07) is 11.4. The average molecular weight is 287 g/mol. The Hall–Kier alpha value is -1.22. The molecule has 19 heavy (non-hydrogen) atoms. The fraction of sp³-hybridized carbons (Fsp3) is 0.333. The van der Waals surface area contributed by atoms with Crippen molar-refractivity contribution in [2.75, 3.05) is 0 Å². The minimum atomic E-state index is -4.16. The average Bonchev–Trinajstić information content (AvgIpc) is 2.36. The summed E-state index contributed by atoms with van der Waals surface area (Å²) in [5.74, 6) is 0. The molecule has 0 radical (unpaired) electrons. The Morgan fingerprint density at radius 2 is 1.68 bits per heavy atom. The van der Waals surface area contributed by atoms with Crippen LogP contribution in [0.4, 0.5) is 13.2 Å². The van der Waals surface area contributed by atoms with Crippen molar-refractivity contribution >= 4 is 22.4 Å². The zero-order valence-corrected chi connectivity index (χ0v) is 11.2. The Balaban J connectivity index is 2.32. The smallest absolute Gasteiger partial charge is 0.171 e. The van der Waals surface area contributed by atoms with E-state index >= 15 is 0 Å². The second-order valence-corrected chi connectivity index (χ2v) is 5.17. The van der Waals surface area contributed by atoms with Crippen LogP contribution in [0.15, 0.2) is 36.4 Å². The SMILES string of the molecule is Cc1ccc(C(Cl)CCC(F)(F)F)c2ccccc12. The van der Waals surface area contributed by atoms with Crippen molar-refractivity contribution in [1.29, 1.82) is 0 Å². The second kappa shape index (κ2) is 5.41. The van der Waals surface area contributed by atoms with Crippen molar-refractivity contribution in [3.05, 3.63) is 47.5 Å². The van der Waals surface area contributed by atoms with E-state index in [9.17, 15) is 13.2 Å². The lowest BCUT2D eigenvalue weighted by molar-refractivity contribution is -0.135. The number of halogens is 4. The molecule has 0 saturated carbocycles. The number of alkyl halides is 4. The van der Waals surface area contributed by atoms with Crippen molar-refractivity contribution in [2.24, 2.45) is 0 Å². The predicted octanol–water partition coefficient (Wildman–Crippen LogP) is 5.77. The van der Waals surface area contributed by atoms with Gasteiger partial charge in [-0.05, 0) is 35.2 Å². The zero-order chi connectivity index (χ0) is 14.0. The van der Waals surface area contributed by atoms with Gasteiger partial charge < -0.3 is 0 Å². The van der Waals surface area contributed by atoms with Gasteiger partial charge >= 0.3 is 6.18 Å². The summed E-state index contributed by atoms with van der Waals surface area (Å²) in [7, 11) is 0. The van der Waals surface area contributed by atoms with E-state index in [-0.39, 0.29) is 6.42 Å². The molecule has 1 unspecified atom stereocenters. The minimum absolute atomic E-state index is 0.0991. The number of hydrogen-bond donors (Lipinski definition) is 0. The Kier molecular flexibility index (Phi) is 4.04. The molecule has 0 aromatic heterocycles. The van der Waals surface area contributed by atoms with Gasteiger partial charge in [0.2, 0.25) is 0 Å². The minimum Gasteiger partial charge on any atom is -0.171 e. The van der Waals surface area contributed by atoms with E-state index in [4.69, 9.17) is 11.6 Å². The molecule has 102 valence electrons. The van der Waals surface area contributed by atoms with E-state index in [2.05, 4.69) is 0 Å². The third-order valence-electron chi connectivity index (χ3n) is 3.19. The van der Waals surface area contributed by atoms with Gasteiger partial charge in [-0.15, -0.1) is 11.6 Å². The molecule has 0 nitrogen and oxygen atoms in total. The lowest BCUT2D eigenvalue weighted by Crippen LogP contribution is -2.08. The van der Waals surface area contributed by atoms with E-state index < -0.39 is 18.0 Å². The standard InChI is InChI=1S/C15H14ClF3/c1-10-6-7-13(12-5-3-2-4-11(10)12)14(16)8-9-15(17,18)19/h2-7,14H,8-9H2,1H3. The molecular formula is C15H14ClF3. The van der Waals surface area contributed by atoms with Crippen molar-refractivity contribution in [3.8, 4) is 0 Å². The molecule has 4 heteroatoms. The molecule has 0 heterocycles. The highest BCUT2D eigenvalue weighted by Crippen LogP contribution is 2.35. The first-order valence-electron chi connectivity index (χ1n) is 6.07. The maximum absolute atomic E-state index is 12.3. The molecule has 0 fully saturated rings. The van der Waals surface area contributed by atoms with Crippen LogP contribution in [0.25, 0.3) is 10.8 Å². The number of rotatable bonds is 3. The van der Waals surface area contributed by atoms with E-state index in [0.29, 0.717) is 0 Å². The monoisotopic (exact) mass is 286 g/mol. The van der Waals surface area contributed by atoms with Gasteiger partial charge in [0.15, 0.2) is 0 Å². The normalized spacial score (nSPS) is 13.7. The Morgan fingerprint density at radius 3 is 2.32 bits per heavy atom. The lowest BCUT2D eigenvalue weighted by Gasteiger charge is -2.15. The molecular weight excluding hydrogens is 273 g/mol. The molecule has 0 amide bonds. The number of aryl methyl sites for hydroxylation is 1. The van der Waals surface area contributed by atoms with Gasteiger partial charge in [0, 0.05) is 6.42 Å². The van der Waals surface area contributed by atoms with Crippen LogP contribution in [0.3, 0.4) is 0 Å². The maximum atomic E-state index is 12.3. The van der Waals surface area contributed by atoms with Gasteiger partial charge in [0.05, 0.1) is 5.38 Å². The fourth-order valence-electron chi connectivity index (χ4n) is 2.19. The Bertz CT molecular complexity index is 575. The topological polar surface area (TPSA) is 0 Å². The first-order chi connectivity index (χ1) is 8.88. The highest BCUT2D eigenvalue weighted by Gasteiger charge is 2.28. The molecule has 0 spiro atoms. The lowest BCUT2D eigenvalue weighted by atomic mass is 9.96. The second-order valence-electron chi connectivity index (χ2n) is 4.64. The third-order valence-corrected chi connectivity index (χ3v) is 3.65. The highest BCUT2D eigenvalue weighted by molar-refractivity contribution is 6.21. The van der Waals surface area contributed by atoms with Gasteiger partial charge in [-0.25, -0.2) is 0 Å². The van der Waals surface area contributed by atoms with E-state index in [1.54, 1.807) is 0 Å². The van der Waals surface area contributed by atoms with Crippen LogP contribution in [-0.4, -0.2) is 6.18 Å². The number of hydrogen-bond acceptors (Lipinski definition) is 0. The first kappa shape index (κ1) is 14.2. The van der Waals surface area contributed by atoms with E-state index in [1.807, 2.05) is 43.3 Å². The van der Waals surface area contributed by atoms with Crippen LogP contribution >= 0.6 is 11.6 Å². The van der Waals surface area contributed by atoms with Crippen LogP contribution in [-0.2, 0) is 0 Å². The van der Waals surface area contributed by atoms with Crippen LogP contribution in [0, 0.1) is 6.92 Å². The van der Waals surface area contributed by atoms with Crippen molar-refractivity contribution in [1.82, 2.24) is 0 Å². The van der Waals surface area contributed by atoms with Gasteiger partial charge in [-0.2, -0.15) is 13.2 Å². The van der Waals surface area contributed by atoms with Gasteiger partial charge in [-0.3, -0.25) is 0 Å². The molecule has 2 aromatic carbocycles. The Morgan fingerprint density at radius 1 is 1.05 bits per heavy atom. The summed E-state index contributed by atoms with van der Waals surface area (Å²) in [5.41, 5.74) is 1.87. The van der Waals surface area contributed by atoms with Crippen LogP contribution < -0.4 is 0 Å². The number of benzene rings is 2. The molecule has 1 atom stereocenters. The quantitative estimate of drug-likeness (QED) is 0.628. The molecule has 0 aliphatic rings. The van der Waals surface area contributed by atoms with Crippen LogP contribution in [0.1, 0.15) is 29.3 Å². The summed E-state index contributed by atoms with van der Waals surface area (Å²) in [4.78, 5) is 0. The van der Waals surface area contributed by atoms with Gasteiger partial charge in [0.1, 0.15) is 0 Å². The molecule has 2 rings (SSSR count). The third kappa shape index (κ3) is 3.41. The molecule has 0 saturated heterocycles. The molecule has 0 aliphatic carbocycles. The van der Waals surface area contributed by atoms with Crippen molar-refractivity contribution in [2.45, 2.75) is 31.3 Å². The molecule has 0 bridgehead atoms. The van der Waals surface area contributed by atoms with Crippen LogP contribution in [0.5, 0.6) is 0 Å². The molecule has 0 N–H and O–H groups in total.